The van der Waals surface area contributed by atoms with Crippen molar-refractivity contribution in [2.45, 2.75) is 32.7 Å². The van der Waals surface area contributed by atoms with Gasteiger partial charge in [0.1, 0.15) is 5.69 Å². The van der Waals surface area contributed by atoms with Crippen LogP contribution in [0.3, 0.4) is 0 Å². The zero-order chi connectivity index (χ0) is 17.3. The highest BCUT2D eigenvalue weighted by atomic mass is 32.2. The lowest BCUT2D eigenvalue weighted by Crippen LogP contribution is -2.27. The maximum Gasteiger partial charge on any atom is 0.211 e. The molecule has 3 heterocycles. The fourth-order valence-electron chi connectivity index (χ4n) is 3.18. The highest BCUT2D eigenvalue weighted by Crippen LogP contribution is 2.27. The summed E-state index contributed by atoms with van der Waals surface area (Å²) >= 11 is 0. The van der Waals surface area contributed by atoms with Gasteiger partial charge in [0.05, 0.1) is 17.6 Å². The molecule has 130 valence electrons. The molecule has 0 radical (unpaired) electrons. The van der Waals surface area contributed by atoms with Gasteiger partial charge in [0.25, 0.3) is 0 Å². The molecule has 0 saturated carbocycles. The zero-order valence-corrected chi connectivity index (χ0v) is 15.1. The molecule has 1 unspecified atom stereocenters. The molecule has 0 spiro atoms. The Hall–Kier alpha value is -1.80. The molecule has 0 bridgehead atoms. The van der Waals surface area contributed by atoms with Crippen LogP contribution in [0.5, 0.6) is 0 Å². The first kappa shape index (κ1) is 17.0. The van der Waals surface area contributed by atoms with E-state index in [0.717, 1.165) is 29.9 Å². The Bertz CT molecular complexity index is 815. The molecule has 3 rings (SSSR count). The molecule has 0 amide bonds. The third-order valence-corrected chi connectivity index (χ3v) is 5.65. The molecule has 1 atom stereocenters. The van der Waals surface area contributed by atoms with E-state index in [-0.39, 0.29) is 12.0 Å². The first-order valence-electron chi connectivity index (χ1n) is 8.15. The third kappa shape index (κ3) is 3.49. The Morgan fingerprint density at radius 3 is 2.67 bits per heavy atom. The van der Waals surface area contributed by atoms with Gasteiger partial charge in [-0.25, -0.2) is 12.7 Å². The van der Waals surface area contributed by atoms with Crippen molar-refractivity contribution in [3.05, 3.63) is 30.4 Å². The van der Waals surface area contributed by atoms with Crippen molar-refractivity contribution in [1.29, 1.82) is 0 Å². The van der Waals surface area contributed by atoms with Crippen molar-refractivity contribution in [1.82, 2.24) is 24.1 Å². The number of sulfonamides is 1. The Morgan fingerprint density at radius 2 is 2.00 bits per heavy atom. The van der Waals surface area contributed by atoms with Crippen LogP contribution in [0.1, 0.15) is 32.0 Å². The largest absolute Gasteiger partial charge is 0.261 e. The predicted octanol–water partition coefficient (Wildman–Crippen LogP) is 1.74. The number of hydrogen-bond donors (Lipinski definition) is 0. The Labute approximate surface area is 142 Å². The molecule has 8 heteroatoms. The van der Waals surface area contributed by atoms with E-state index in [0.29, 0.717) is 13.1 Å². The molecule has 0 aliphatic carbocycles. The van der Waals surface area contributed by atoms with Crippen molar-refractivity contribution >= 4 is 10.0 Å². The minimum absolute atomic E-state index is 0.233. The van der Waals surface area contributed by atoms with E-state index >= 15 is 0 Å². The lowest BCUT2D eigenvalue weighted by atomic mass is 10.0. The maximum atomic E-state index is 11.7. The van der Waals surface area contributed by atoms with Gasteiger partial charge < -0.3 is 0 Å². The number of aromatic nitrogens is 4. The van der Waals surface area contributed by atoms with Crippen LogP contribution < -0.4 is 0 Å². The topological polar surface area (TPSA) is 81.0 Å². The van der Waals surface area contributed by atoms with E-state index in [1.54, 1.807) is 22.9 Å². The van der Waals surface area contributed by atoms with Crippen molar-refractivity contribution < 1.29 is 8.42 Å². The minimum Gasteiger partial charge on any atom is -0.261 e. The van der Waals surface area contributed by atoms with Crippen LogP contribution in [0.2, 0.25) is 0 Å². The van der Waals surface area contributed by atoms with E-state index < -0.39 is 10.0 Å². The first-order chi connectivity index (χ1) is 11.4. The summed E-state index contributed by atoms with van der Waals surface area (Å²) in [4.78, 5) is 9.03. The van der Waals surface area contributed by atoms with Gasteiger partial charge in [-0.15, -0.1) is 0 Å². The zero-order valence-electron chi connectivity index (χ0n) is 14.3. The second-order valence-corrected chi connectivity index (χ2v) is 8.57. The standard InChI is InChI=1S/C16H23N5O2S/c1-12(2)21-15(4-6-19-21)16-14(17-7-8-18-16)10-13-5-9-20(11-13)24(3,22)23/h4,6-8,12-13H,5,9-11H2,1-3H3. The Morgan fingerprint density at radius 1 is 1.25 bits per heavy atom. The summed E-state index contributed by atoms with van der Waals surface area (Å²) in [5.41, 5.74) is 2.69. The molecule has 0 N–H and O–H groups in total. The third-order valence-electron chi connectivity index (χ3n) is 4.38. The van der Waals surface area contributed by atoms with E-state index in [4.69, 9.17) is 0 Å². The molecule has 1 aliphatic heterocycles. The quantitative estimate of drug-likeness (QED) is 0.821. The average molecular weight is 349 g/mol. The van der Waals surface area contributed by atoms with Crippen LogP contribution in [0, 0.1) is 5.92 Å². The van der Waals surface area contributed by atoms with Crippen LogP contribution in [-0.4, -0.2) is 51.8 Å². The smallest absolute Gasteiger partial charge is 0.211 e. The number of rotatable bonds is 5. The van der Waals surface area contributed by atoms with Crippen LogP contribution in [-0.2, 0) is 16.4 Å². The van der Waals surface area contributed by atoms with Crippen LogP contribution >= 0.6 is 0 Å². The van der Waals surface area contributed by atoms with Gasteiger partial charge in [-0.05, 0) is 38.7 Å². The van der Waals surface area contributed by atoms with E-state index in [9.17, 15) is 8.42 Å². The van der Waals surface area contributed by atoms with Crippen molar-refractivity contribution in [2.24, 2.45) is 5.92 Å². The van der Waals surface area contributed by atoms with Gasteiger partial charge in [0.15, 0.2) is 0 Å². The highest BCUT2D eigenvalue weighted by Gasteiger charge is 2.29. The molecule has 24 heavy (non-hydrogen) atoms. The maximum absolute atomic E-state index is 11.7. The van der Waals surface area contributed by atoms with Crippen LogP contribution in [0.15, 0.2) is 24.7 Å². The summed E-state index contributed by atoms with van der Waals surface area (Å²) in [7, 11) is -3.12. The Balaban J connectivity index is 1.85. The molecule has 2 aromatic heterocycles. The van der Waals surface area contributed by atoms with Gasteiger partial charge in [-0.1, -0.05) is 0 Å². The fourth-order valence-corrected chi connectivity index (χ4v) is 4.10. The highest BCUT2D eigenvalue weighted by molar-refractivity contribution is 7.88. The van der Waals surface area contributed by atoms with Gasteiger partial charge in [0, 0.05) is 37.7 Å². The molecule has 7 nitrogen and oxygen atoms in total. The minimum atomic E-state index is -3.12. The molecular formula is C16H23N5O2S. The molecule has 0 aromatic carbocycles. The Kier molecular flexibility index (Phi) is 4.69. The summed E-state index contributed by atoms with van der Waals surface area (Å²) in [5.74, 6) is 0.269. The van der Waals surface area contributed by atoms with Gasteiger partial charge in [-0.3, -0.25) is 14.6 Å². The van der Waals surface area contributed by atoms with E-state index in [1.807, 2.05) is 10.7 Å². The first-order valence-corrected chi connectivity index (χ1v) is 10.00. The molecule has 1 fully saturated rings. The van der Waals surface area contributed by atoms with Crippen molar-refractivity contribution in [3.8, 4) is 11.4 Å². The van der Waals surface area contributed by atoms with Crippen LogP contribution in [0.4, 0.5) is 0 Å². The lowest BCUT2D eigenvalue weighted by Gasteiger charge is -2.15. The predicted molar refractivity (Wildman–Crippen MR) is 91.9 cm³/mol. The molecule has 2 aromatic rings. The van der Waals surface area contributed by atoms with Gasteiger partial charge >= 0.3 is 0 Å². The summed E-state index contributed by atoms with van der Waals surface area (Å²) in [5, 5.41) is 4.37. The monoisotopic (exact) mass is 349 g/mol. The fraction of sp³-hybridized carbons (Fsp3) is 0.562. The van der Waals surface area contributed by atoms with Crippen LogP contribution in [0.25, 0.3) is 11.4 Å². The molecular weight excluding hydrogens is 326 g/mol. The number of nitrogens with zero attached hydrogens (tertiary/aromatic N) is 5. The second kappa shape index (κ2) is 6.60. The average Bonchev–Trinajstić information content (AvgIpc) is 3.16. The normalized spacial score (nSPS) is 19.2. The van der Waals surface area contributed by atoms with E-state index in [2.05, 4.69) is 28.9 Å². The van der Waals surface area contributed by atoms with Crippen molar-refractivity contribution in [2.75, 3.05) is 19.3 Å². The number of hydrogen-bond acceptors (Lipinski definition) is 5. The van der Waals surface area contributed by atoms with Gasteiger partial charge in [-0.2, -0.15) is 5.10 Å². The van der Waals surface area contributed by atoms with E-state index in [1.165, 1.54) is 6.26 Å². The van der Waals surface area contributed by atoms with Gasteiger partial charge in [0.2, 0.25) is 10.0 Å². The summed E-state index contributed by atoms with van der Waals surface area (Å²) in [6, 6.07) is 2.18. The molecule has 1 aliphatic rings. The second-order valence-electron chi connectivity index (χ2n) is 6.59. The lowest BCUT2D eigenvalue weighted by molar-refractivity contribution is 0.459. The summed E-state index contributed by atoms with van der Waals surface area (Å²) in [6.07, 6.45) is 8.00. The SMILES string of the molecule is CC(C)n1nccc1-c1nccnc1CC1CCN(S(C)(=O)=O)C1. The van der Waals surface area contributed by atoms with Crippen molar-refractivity contribution in [3.63, 3.8) is 0 Å². The summed E-state index contributed by atoms with van der Waals surface area (Å²) in [6.45, 7) is 5.29. The summed E-state index contributed by atoms with van der Waals surface area (Å²) < 4.78 is 26.9. The molecule has 1 saturated heterocycles.